The lowest BCUT2D eigenvalue weighted by atomic mass is 10.0. The fourth-order valence-corrected chi connectivity index (χ4v) is 5.90. The number of carbonyl (C=O) groups is 4. The molecule has 0 spiro atoms. The third-order valence-electron chi connectivity index (χ3n) is 5.74. The Hall–Kier alpha value is -4.85. The van der Waals surface area contributed by atoms with E-state index >= 15 is 0 Å². The number of rotatable bonds is 9. The van der Waals surface area contributed by atoms with Crippen LogP contribution in [0, 0.1) is 0 Å². The van der Waals surface area contributed by atoms with Crippen molar-refractivity contribution in [2.24, 2.45) is 10.9 Å². The summed E-state index contributed by atoms with van der Waals surface area (Å²) in [6.45, 7) is -1.25. The lowest BCUT2D eigenvalue weighted by molar-refractivity contribution is -0.662. The van der Waals surface area contributed by atoms with Crippen LogP contribution in [-0.4, -0.2) is 77.4 Å². The van der Waals surface area contributed by atoms with Gasteiger partial charge in [0.15, 0.2) is 17.1 Å². The van der Waals surface area contributed by atoms with Crippen LogP contribution in [-0.2, 0) is 25.8 Å². The number of nitrogens with zero attached hydrogens (tertiary/aromatic N) is 7. The average molecular weight is 592 g/mol. The number of aromatic nitrogens is 5. The van der Waals surface area contributed by atoms with Crippen molar-refractivity contribution in [3.05, 3.63) is 41.6 Å². The molecule has 2 aliphatic heterocycles. The highest BCUT2D eigenvalue weighted by atomic mass is 32.2. The van der Waals surface area contributed by atoms with E-state index < -0.39 is 47.8 Å². The van der Waals surface area contributed by atoms with Gasteiger partial charge in [0, 0.05) is 28.9 Å². The molecule has 0 aromatic carbocycles. The first kappa shape index (κ1) is 26.7. The number of urea groups is 1. The Morgan fingerprint density at radius 2 is 2.15 bits per heavy atom. The van der Waals surface area contributed by atoms with Crippen molar-refractivity contribution in [3.8, 4) is 0 Å². The van der Waals surface area contributed by atoms with Gasteiger partial charge >= 0.3 is 11.7 Å². The molecule has 20 heteroatoms. The lowest BCUT2D eigenvalue weighted by Crippen LogP contribution is -2.71. The van der Waals surface area contributed by atoms with Crippen LogP contribution in [0.5, 0.6) is 0 Å². The summed E-state index contributed by atoms with van der Waals surface area (Å²) >= 11 is 2.00. The van der Waals surface area contributed by atoms with E-state index in [0.29, 0.717) is 11.2 Å². The number of β-lactam (4-membered cyclic amide) rings is 1. The first-order valence-corrected chi connectivity index (χ1v) is 13.0. The number of alkyl halides is 1. The van der Waals surface area contributed by atoms with Gasteiger partial charge in [-0.1, -0.05) is 14.8 Å². The second-order valence-corrected chi connectivity index (χ2v) is 10.1. The second kappa shape index (κ2) is 10.7. The van der Waals surface area contributed by atoms with Gasteiger partial charge in [0.1, 0.15) is 24.2 Å². The van der Waals surface area contributed by atoms with Crippen LogP contribution in [0.15, 0.2) is 41.0 Å². The summed E-state index contributed by atoms with van der Waals surface area (Å²) in [5.41, 5.74) is 10.8. The number of aliphatic carboxylic acids is 1. The number of thioether (sulfide) groups is 1. The quantitative estimate of drug-likeness (QED) is 0.0864. The minimum absolute atomic E-state index is 0.0215. The number of nitrogen functional groups attached to an aromatic ring is 1. The molecule has 1 fully saturated rings. The molecule has 6 N–H and O–H groups in total. The number of halogens is 1. The van der Waals surface area contributed by atoms with Crippen LogP contribution in [0.25, 0.3) is 5.65 Å². The molecule has 0 aliphatic carbocycles. The van der Waals surface area contributed by atoms with E-state index in [2.05, 4.69) is 35.1 Å². The molecular weight excluding hydrogens is 573 g/mol. The molecule has 0 bridgehead atoms. The number of carboxylic acid groups (broad SMARTS) is 1. The van der Waals surface area contributed by atoms with Gasteiger partial charge in [-0.2, -0.15) is 9.36 Å². The van der Waals surface area contributed by atoms with Crippen LogP contribution in [0.4, 0.5) is 20.1 Å². The predicted molar refractivity (Wildman–Crippen MR) is 134 cm³/mol. The Kier molecular flexibility index (Phi) is 7.17. The van der Waals surface area contributed by atoms with Gasteiger partial charge in [0.25, 0.3) is 18.7 Å². The van der Waals surface area contributed by atoms with E-state index in [4.69, 9.17) is 11.5 Å². The zero-order valence-electron chi connectivity index (χ0n) is 20.0. The Morgan fingerprint density at radius 1 is 1.35 bits per heavy atom. The molecular formula is C20H18FN11O6S2. The van der Waals surface area contributed by atoms with Gasteiger partial charge in [-0.15, -0.1) is 11.8 Å². The molecule has 0 saturated carbocycles. The normalized spacial score (nSPS) is 18.8. The van der Waals surface area contributed by atoms with Crippen molar-refractivity contribution < 1.29 is 38.1 Å². The number of nitrogens with two attached hydrogens (primary N) is 2. The Bertz CT molecular complexity index is 1600. The van der Waals surface area contributed by atoms with Gasteiger partial charge in [-0.05, 0) is 6.07 Å². The highest BCUT2D eigenvalue weighted by molar-refractivity contribution is 8.00. The molecule has 3 aromatic heterocycles. The van der Waals surface area contributed by atoms with Crippen LogP contribution >= 0.6 is 23.3 Å². The van der Waals surface area contributed by atoms with E-state index in [-0.39, 0.29) is 34.8 Å². The zero-order chi connectivity index (χ0) is 28.6. The minimum Gasteiger partial charge on any atom is -0.543 e. The number of carbonyl (C=O) groups excluding carboxylic acids is 4. The molecule has 0 unspecified atom stereocenters. The molecule has 2 aliphatic rings. The van der Waals surface area contributed by atoms with E-state index in [1.54, 1.807) is 23.0 Å². The predicted octanol–water partition coefficient (Wildman–Crippen LogP) is -2.70. The van der Waals surface area contributed by atoms with Crippen LogP contribution in [0.2, 0.25) is 0 Å². The van der Waals surface area contributed by atoms with Gasteiger partial charge in [0.05, 0.1) is 11.7 Å². The lowest BCUT2D eigenvalue weighted by Gasteiger charge is -2.50. The highest BCUT2D eigenvalue weighted by Gasteiger charge is 2.53. The minimum atomic E-state index is -1.56. The van der Waals surface area contributed by atoms with Crippen molar-refractivity contribution in [1.29, 1.82) is 0 Å². The standard InChI is InChI=1S/C20H18FN11O6S2/c21-7-38-28-11(14-26-20(23)40-29-14)15(33)25-12-16(34)32-13(18(35)36)8(6-39-17(12)32)5-30-3-4-31-10(30)2-1-9(27-31)24-19(22)37/h1-4,12,17H,5-7H2,(H6-,22,23,24,25,26,27,29,33,35,36,37)/b28-11-/t12-,17-/m1/s1. The summed E-state index contributed by atoms with van der Waals surface area (Å²) in [7, 11) is 0. The third-order valence-corrected chi connectivity index (χ3v) is 7.62. The molecule has 5 heterocycles. The Morgan fingerprint density at radius 3 is 2.83 bits per heavy atom. The van der Waals surface area contributed by atoms with Gasteiger partial charge in [0.2, 0.25) is 11.5 Å². The van der Waals surface area contributed by atoms with Crippen LogP contribution in [0.3, 0.4) is 0 Å². The van der Waals surface area contributed by atoms with Gasteiger partial charge in [-0.3, -0.25) is 19.8 Å². The molecule has 2 atom stereocenters. The van der Waals surface area contributed by atoms with Crippen LogP contribution in [0.1, 0.15) is 5.82 Å². The summed E-state index contributed by atoms with van der Waals surface area (Å²) in [5, 5.41) is 23.8. The van der Waals surface area contributed by atoms with E-state index in [9.17, 15) is 28.7 Å². The number of primary amides is 1. The molecule has 40 heavy (non-hydrogen) atoms. The maximum Gasteiger partial charge on any atom is 0.317 e. The highest BCUT2D eigenvalue weighted by Crippen LogP contribution is 2.40. The topological polar surface area (TPSA) is 239 Å². The molecule has 1 saturated heterocycles. The largest absolute Gasteiger partial charge is 0.543 e. The smallest absolute Gasteiger partial charge is 0.317 e. The third kappa shape index (κ3) is 4.96. The number of hydrogen-bond acceptors (Lipinski definition) is 13. The Labute approximate surface area is 230 Å². The monoisotopic (exact) mass is 591 g/mol. The van der Waals surface area contributed by atoms with Crippen molar-refractivity contribution in [3.63, 3.8) is 0 Å². The fraction of sp³-hybridized carbons (Fsp3) is 0.250. The summed E-state index contributed by atoms with van der Waals surface area (Å²) < 4.78 is 19.5. The van der Waals surface area contributed by atoms with E-state index in [1.807, 2.05) is 0 Å². The number of hydrogen-bond donors (Lipinski definition) is 4. The van der Waals surface area contributed by atoms with Gasteiger partial charge < -0.3 is 31.5 Å². The first-order valence-electron chi connectivity index (χ1n) is 11.2. The van der Waals surface area contributed by atoms with Gasteiger partial charge in [-0.25, -0.2) is 13.8 Å². The number of carboxylic acids is 1. The number of oxime groups is 1. The average Bonchev–Trinajstić information content (AvgIpc) is 3.52. The molecule has 4 amide bonds. The SMILES string of the molecule is NC(=O)Nc1ccc2n(cc[n+]2CC2=C(C(=O)[O-])N3C(=O)[C@@H](NC(=O)/C(=N\OCF)c4nsc(N)n4)[C@H]3SC2)n1. The van der Waals surface area contributed by atoms with Crippen LogP contribution < -0.4 is 31.8 Å². The molecule has 5 rings (SSSR count). The summed E-state index contributed by atoms with van der Waals surface area (Å²) in [6, 6.07) is 1.27. The second-order valence-electron chi connectivity index (χ2n) is 8.17. The zero-order valence-corrected chi connectivity index (χ0v) is 21.6. The van der Waals surface area contributed by atoms with Crippen molar-refractivity contribution in [2.75, 3.05) is 23.7 Å². The van der Waals surface area contributed by atoms with Crippen molar-refractivity contribution in [1.82, 2.24) is 29.2 Å². The van der Waals surface area contributed by atoms with E-state index in [1.165, 1.54) is 22.3 Å². The Balaban J connectivity index is 1.35. The number of fused-ring (bicyclic) bond motifs is 2. The summed E-state index contributed by atoms with van der Waals surface area (Å²) in [5.74, 6) is -3.02. The summed E-state index contributed by atoms with van der Waals surface area (Å²) in [4.78, 5) is 58.3. The maximum atomic E-state index is 13.0. The number of nitrogens with one attached hydrogen (secondary N) is 2. The number of imidazole rings is 1. The maximum absolute atomic E-state index is 13.0. The number of amides is 4. The molecule has 208 valence electrons. The molecule has 0 radical (unpaired) electrons. The van der Waals surface area contributed by atoms with Crippen molar-refractivity contribution >= 4 is 69.4 Å². The first-order chi connectivity index (χ1) is 19.2. The number of anilines is 2. The molecule has 17 nitrogen and oxygen atoms in total. The fourth-order valence-electron chi connectivity index (χ4n) is 4.13. The summed E-state index contributed by atoms with van der Waals surface area (Å²) in [6.07, 6.45) is 3.24. The van der Waals surface area contributed by atoms with E-state index in [0.717, 1.165) is 16.4 Å². The molecule has 3 aromatic rings. The van der Waals surface area contributed by atoms with Crippen molar-refractivity contribution in [2.45, 2.75) is 18.0 Å².